The van der Waals surface area contributed by atoms with Crippen molar-refractivity contribution < 1.29 is 9.53 Å². The first kappa shape index (κ1) is 16.8. The predicted octanol–water partition coefficient (Wildman–Crippen LogP) is 1.11. The van der Waals surface area contributed by atoms with E-state index in [1.165, 1.54) is 0 Å². The molecule has 1 aromatic heterocycles. The number of para-hydroxylation sites is 1. The van der Waals surface area contributed by atoms with E-state index in [0.29, 0.717) is 0 Å². The van der Waals surface area contributed by atoms with Gasteiger partial charge in [0.1, 0.15) is 5.75 Å². The average molecular weight is 356 g/mol. The van der Waals surface area contributed by atoms with E-state index in [9.17, 15) is 4.79 Å². The van der Waals surface area contributed by atoms with Gasteiger partial charge in [0, 0.05) is 32.1 Å². The summed E-state index contributed by atoms with van der Waals surface area (Å²) in [4.78, 5) is 14.8. The summed E-state index contributed by atoms with van der Waals surface area (Å²) in [7, 11) is 3.52. The standard InChI is InChI=1S/C18H24N6O2/c1-23-18(20-21-22-23)24-9-7-12(8-10-24)19-17(25)15-11-14(15)13-5-3-4-6-16(13)26-2/h3-6,12,14-15H,7-11H2,1-2H3,(H,19,25)/t14-,15+/m0/s1. The van der Waals surface area contributed by atoms with Gasteiger partial charge in [-0.25, -0.2) is 4.68 Å². The minimum Gasteiger partial charge on any atom is -0.496 e. The first-order valence-electron chi connectivity index (χ1n) is 9.08. The Bertz CT molecular complexity index is 783. The SMILES string of the molecule is COc1ccccc1[C@@H]1C[C@H]1C(=O)NC1CCN(c2nnnn2C)CC1. The number of benzene rings is 1. The van der Waals surface area contributed by atoms with Crippen molar-refractivity contribution in [2.75, 3.05) is 25.1 Å². The van der Waals surface area contributed by atoms with Crippen LogP contribution in [-0.4, -0.2) is 52.4 Å². The van der Waals surface area contributed by atoms with Gasteiger partial charge >= 0.3 is 0 Å². The minimum absolute atomic E-state index is 0.0623. The molecular formula is C18H24N6O2. The highest BCUT2D eigenvalue weighted by molar-refractivity contribution is 5.83. The van der Waals surface area contributed by atoms with Crippen molar-refractivity contribution in [2.24, 2.45) is 13.0 Å². The Kier molecular flexibility index (Phi) is 4.48. The fraction of sp³-hybridized carbons (Fsp3) is 0.556. The number of anilines is 1. The number of piperidine rings is 1. The average Bonchev–Trinajstić information content (AvgIpc) is 3.36. The van der Waals surface area contributed by atoms with Crippen molar-refractivity contribution in [2.45, 2.75) is 31.2 Å². The van der Waals surface area contributed by atoms with Gasteiger partial charge in [0.25, 0.3) is 0 Å². The quantitative estimate of drug-likeness (QED) is 0.864. The zero-order valence-electron chi connectivity index (χ0n) is 15.1. The number of nitrogens with one attached hydrogen (secondary N) is 1. The summed E-state index contributed by atoms with van der Waals surface area (Å²) >= 11 is 0. The highest BCUT2D eigenvalue weighted by Gasteiger charge is 2.45. The number of rotatable bonds is 5. The van der Waals surface area contributed by atoms with Crippen LogP contribution in [-0.2, 0) is 11.8 Å². The molecule has 0 bridgehead atoms. The van der Waals surface area contributed by atoms with E-state index in [2.05, 4.69) is 31.8 Å². The summed E-state index contributed by atoms with van der Waals surface area (Å²) in [6.45, 7) is 1.69. The van der Waals surface area contributed by atoms with Crippen LogP contribution in [0.3, 0.4) is 0 Å². The van der Waals surface area contributed by atoms with Crippen molar-refractivity contribution in [1.29, 1.82) is 0 Å². The van der Waals surface area contributed by atoms with Crippen molar-refractivity contribution in [1.82, 2.24) is 25.5 Å². The molecule has 1 saturated carbocycles. The van der Waals surface area contributed by atoms with E-state index in [0.717, 1.165) is 49.6 Å². The fourth-order valence-corrected chi connectivity index (χ4v) is 3.83. The van der Waals surface area contributed by atoms with Crippen LogP contribution in [0.5, 0.6) is 5.75 Å². The number of tetrazole rings is 1. The Labute approximate surface area is 152 Å². The lowest BCUT2D eigenvalue weighted by atomic mass is 10.0. The Morgan fingerprint density at radius 3 is 2.73 bits per heavy atom. The van der Waals surface area contributed by atoms with Gasteiger partial charge in [-0.1, -0.05) is 23.3 Å². The minimum atomic E-state index is 0.0623. The number of aromatic nitrogens is 4. The van der Waals surface area contributed by atoms with E-state index < -0.39 is 0 Å². The van der Waals surface area contributed by atoms with E-state index in [1.807, 2.05) is 25.2 Å². The predicted molar refractivity (Wildman–Crippen MR) is 96.0 cm³/mol. The number of nitrogens with zero attached hydrogens (tertiary/aromatic N) is 5. The molecular weight excluding hydrogens is 332 g/mol. The van der Waals surface area contributed by atoms with Gasteiger partial charge in [-0.2, -0.15) is 0 Å². The van der Waals surface area contributed by atoms with E-state index in [4.69, 9.17) is 4.74 Å². The summed E-state index contributed by atoms with van der Waals surface area (Å²) in [6.07, 6.45) is 2.71. The maximum absolute atomic E-state index is 12.6. The van der Waals surface area contributed by atoms with E-state index in [-0.39, 0.29) is 23.8 Å². The molecule has 8 nitrogen and oxygen atoms in total. The number of hydrogen-bond donors (Lipinski definition) is 1. The third kappa shape index (κ3) is 3.23. The number of amides is 1. The number of carbonyl (C=O) groups is 1. The largest absolute Gasteiger partial charge is 0.496 e. The molecule has 1 aliphatic heterocycles. The first-order chi connectivity index (χ1) is 12.7. The van der Waals surface area contributed by atoms with Crippen LogP contribution in [0.2, 0.25) is 0 Å². The topological polar surface area (TPSA) is 85.2 Å². The zero-order valence-corrected chi connectivity index (χ0v) is 15.1. The van der Waals surface area contributed by atoms with E-state index >= 15 is 0 Å². The Hall–Kier alpha value is -2.64. The molecule has 1 aromatic carbocycles. The van der Waals surface area contributed by atoms with Gasteiger partial charge < -0.3 is 15.0 Å². The Morgan fingerprint density at radius 2 is 2.04 bits per heavy atom. The molecule has 0 spiro atoms. The van der Waals surface area contributed by atoms with Gasteiger partial charge in [0.2, 0.25) is 11.9 Å². The highest BCUT2D eigenvalue weighted by Crippen LogP contribution is 2.50. The third-order valence-corrected chi connectivity index (χ3v) is 5.39. The normalized spacial score (nSPS) is 22.9. The molecule has 2 fully saturated rings. The first-order valence-corrected chi connectivity index (χ1v) is 9.08. The van der Waals surface area contributed by atoms with Gasteiger partial charge in [-0.3, -0.25) is 4.79 Å². The van der Waals surface area contributed by atoms with Crippen LogP contribution in [0.15, 0.2) is 24.3 Å². The molecule has 8 heteroatoms. The summed E-state index contributed by atoms with van der Waals surface area (Å²) in [5.41, 5.74) is 1.14. The van der Waals surface area contributed by atoms with Gasteiger partial charge in [-0.15, -0.1) is 0 Å². The molecule has 1 aliphatic carbocycles. The second-order valence-electron chi connectivity index (χ2n) is 7.06. The lowest BCUT2D eigenvalue weighted by Gasteiger charge is -2.32. The molecule has 1 N–H and O–H groups in total. The molecule has 0 unspecified atom stereocenters. The number of methoxy groups -OCH3 is 1. The van der Waals surface area contributed by atoms with Crippen LogP contribution < -0.4 is 15.0 Å². The Morgan fingerprint density at radius 1 is 1.27 bits per heavy atom. The summed E-state index contributed by atoms with van der Waals surface area (Å²) in [5, 5.41) is 14.8. The van der Waals surface area contributed by atoms with Crippen LogP contribution in [0.4, 0.5) is 5.95 Å². The molecule has 2 aromatic rings. The van der Waals surface area contributed by atoms with Crippen LogP contribution in [0.1, 0.15) is 30.7 Å². The number of carbonyl (C=O) groups excluding carboxylic acids is 1. The van der Waals surface area contributed by atoms with Gasteiger partial charge in [-0.05, 0) is 47.2 Å². The maximum Gasteiger partial charge on any atom is 0.245 e. The van der Waals surface area contributed by atoms with Crippen molar-refractivity contribution in [3.63, 3.8) is 0 Å². The number of ether oxygens (including phenoxy) is 1. The van der Waals surface area contributed by atoms with E-state index in [1.54, 1.807) is 11.8 Å². The molecule has 0 radical (unpaired) electrons. The smallest absolute Gasteiger partial charge is 0.245 e. The molecule has 26 heavy (non-hydrogen) atoms. The fourth-order valence-electron chi connectivity index (χ4n) is 3.83. The molecule has 2 heterocycles. The second kappa shape index (κ2) is 6.93. The van der Waals surface area contributed by atoms with Crippen molar-refractivity contribution in [3.8, 4) is 5.75 Å². The van der Waals surface area contributed by atoms with Crippen molar-refractivity contribution >= 4 is 11.9 Å². The Balaban J connectivity index is 1.30. The molecule has 2 aliphatic rings. The number of aryl methyl sites for hydroxylation is 1. The summed E-state index contributed by atoms with van der Waals surface area (Å²) < 4.78 is 7.11. The second-order valence-corrected chi connectivity index (χ2v) is 7.06. The zero-order chi connectivity index (χ0) is 18.1. The number of hydrogen-bond acceptors (Lipinski definition) is 6. The van der Waals surface area contributed by atoms with Gasteiger partial charge in [0.05, 0.1) is 7.11 Å². The lowest BCUT2D eigenvalue weighted by Crippen LogP contribution is -2.45. The van der Waals surface area contributed by atoms with Crippen LogP contribution in [0.25, 0.3) is 0 Å². The molecule has 1 saturated heterocycles. The molecule has 138 valence electrons. The van der Waals surface area contributed by atoms with Gasteiger partial charge in [0.15, 0.2) is 0 Å². The summed E-state index contributed by atoms with van der Waals surface area (Å²) in [6, 6.07) is 8.20. The highest BCUT2D eigenvalue weighted by atomic mass is 16.5. The lowest BCUT2D eigenvalue weighted by molar-refractivity contribution is -0.123. The third-order valence-electron chi connectivity index (χ3n) is 5.39. The van der Waals surface area contributed by atoms with Crippen molar-refractivity contribution in [3.05, 3.63) is 29.8 Å². The summed E-state index contributed by atoms with van der Waals surface area (Å²) in [5.74, 6) is 2.16. The van der Waals surface area contributed by atoms with Crippen LogP contribution >= 0.6 is 0 Å². The maximum atomic E-state index is 12.6. The molecule has 1 amide bonds. The molecule has 4 rings (SSSR count). The monoisotopic (exact) mass is 356 g/mol. The molecule has 2 atom stereocenters. The van der Waals surface area contributed by atoms with Crippen LogP contribution in [0, 0.1) is 5.92 Å².